The number of carbonyl (C=O) groups excluding carboxylic acids is 2. The molecule has 1 atom stereocenters. The Morgan fingerprint density at radius 3 is 2.43 bits per heavy atom. The molecule has 0 aromatic heterocycles. The first-order chi connectivity index (χ1) is 9.97. The fraction of sp³-hybridized carbons (Fsp3) is 0.412. The van der Waals surface area contributed by atoms with Crippen LogP contribution in [0.3, 0.4) is 0 Å². The second-order valence-corrected chi connectivity index (χ2v) is 5.02. The minimum Gasteiger partial charge on any atom is -0.467 e. The zero-order chi connectivity index (χ0) is 15.8. The summed E-state index contributed by atoms with van der Waals surface area (Å²) in [6.45, 7) is 3.85. The molecule has 0 aliphatic rings. The Bertz CT molecular complexity index is 537. The topological polar surface area (TPSA) is 55.4 Å². The number of methoxy groups -OCH3 is 1. The van der Waals surface area contributed by atoms with Crippen molar-refractivity contribution in [2.75, 3.05) is 7.11 Å². The van der Waals surface area contributed by atoms with E-state index in [2.05, 4.69) is 11.2 Å². The van der Waals surface area contributed by atoms with Gasteiger partial charge in [0.05, 0.1) is 7.11 Å². The summed E-state index contributed by atoms with van der Waals surface area (Å²) in [6.07, 6.45) is 6.88. The molecular formula is C17H21NO3. The lowest BCUT2D eigenvalue weighted by molar-refractivity contribution is -0.143. The van der Waals surface area contributed by atoms with Crippen LogP contribution in [0.1, 0.15) is 40.7 Å². The molecule has 0 fully saturated rings. The van der Waals surface area contributed by atoms with Crippen molar-refractivity contribution in [3.8, 4) is 12.3 Å². The number of benzene rings is 1. The predicted octanol–water partition coefficient (Wildman–Crippen LogP) is 2.38. The highest BCUT2D eigenvalue weighted by Crippen LogP contribution is 2.10. The maximum atomic E-state index is 12.3. The van der Waals surface area contributed by atoms with Gasteiger partial charge in [0.15, 0.2) is 0 Å². The van der Waals surface area contributed by atoms with Gasteiger partial charge in [0.25, 0.3) is 5.91 Å². The van der Waals surface area contributed by atoms with Crippen LogP contribution in [-0.4, -0.2) is 25.0 Å². The van der Waals surface area contributed by atoms with E-state index >= 15 is 0 Å². The van der Waals surface area contributed by atoms with E-state index in [9.17, 15) is 9.59 Å². The summed E-state index contributed by atoms with van der Waals surface area (Å²) in [5.41, 5.74) is 2.54. The second-order valence-electron chi connectivity index (χ2n) is 5.02. The Labute approximate surface area is 125 Å². The van der Waals surface area contributed by atoms with Gasteiger partial charge in [-0.15, -0.1) is 12.3 Å². The summed E-state index contributed by atoms with van der Waals surface area (Å²) in [5, 5.41) is 2.72. The zero-order valence-corrected chi connectivity index (χ0v) is 12.7. The molecule has 1 aromatic carbocycles. The summed E-state index contributed by atoms with van der Waals surface area (Å²) < 4.78 is 4.72. The summed E-state index contributed by atoms with van der Waals surface area (Å²) in [4.78, 5) is 24.0. The highest BCUT2D eigenvalue weighted by molar-refractivity contribution is 5.97. The third kappa shape index (κ3) is 5.31. The molecular weight excluding hydrogens is 266 g/mol. The van der Waals surface area contributed by atoms with Gasteiger partial charge in [0, 0.05) is 12.0 Å². The van der Waals surface area contributed by atoms with Crippen molar-refractivity contribution in [3.63, 3.8) is 0 Å². The zero-order valence-electron chi connectivity index (χ0n) is 12.7. The molecule has 0 saturated carbocycles. The molecule has 0 saturated heterocycles. The Balaban J connectivity index is 2.79. The van der Waals surface area contributed by atoms with E-state index in [0.29, 0.717) is 24.8 Å². The highest BCUT2D eigenvalue weighted by atomic mass is 16.5. The number of unbranched alkanes of at least 4 members (excludes halogenated alkanes) is 1. The minimum absolute atomic E-state index is 0.280. The molecule has 4 heteroatoms. The standard InChI is InChI=1S/C17H21NO3/c1-5-6-7-8-15(17(20)21-4)18-16(19)14-10-12(2)9-13(3)11-14/h1,9-11,15H,6-8H2,2-4H3,(H,18,19)/t15-/m0/s1. The molecule has 0 bridgehead atoms. The lowest BCUT2D eigenvalue weighted by Crippen LogP contribution is -2.41. The number of nitrogens with one attached hydrogen (secondary N) is 1. The first-order valence-electron chi connectivity index (χ1n) is 6.88. The molecule has 0 aliphatic carbocycles. The van der Waals surface area contributed by atoms with Crippen molar-refractivity contribution in [2.45, 2.75) is 39.2 Å². The van der Waals surface area contributed by atoms with Gasteiger partial charge >= 0.3 is 5.97 Å². The monoisotopic (exact) mass is 287 g/mol. The largest absolute Gasteiger partial charge is 0.467 e. The molecule has 0 heterocycles. The minimum atomic E-state index is -0.670. The van der Waals surface area contributed by atoms with E-state index in [1.54, 1.807) is 12.1 Å². The van der Waals surface area contributed by atoms with E-state index in [-0.39, 0.29) is 5.91 Å². The maximum absolute atomic E-state index is 12.3. The number of hydrogen-bond donors (Lipinski definition) is 1. The van der Waals surface area contributed by atoms with Crippen LogP contribution in [0.2, 0.25) is 0 Å². The predicted molar refractivity (Wildman–Crippen MR) is 81.9 cm³/mol. The molecule has 1 N–H and O–H groups in total. The van der Waals surface area contributed by atoms with Gasteiger partial charge in [-0.25, -0.2) is 4.79 Å². The van der Waals surface area contributed by atoms with E-state index in [1.165, 1.54) is 7.11 Å². The van der Waals surface area contributed by atoms with Crippen LogP contribution in [0.25, 0.3) is 0 Å². The average Bonchev–Trinajstić information content (AvgIpc) is 2.44. The molecule has 0 radical (unpaired) electrons. The summed E-state index contributed by atoms with van der Waals surface area (Å²) in [5.74, 6) is 1.78. The number of terminal acetylenes is 1. The van der Waals surface area contributed by atoms with Crippen LogP contribution in [-0.2, 0) is 9.53 Å². The van der Waals surface area contributed by atoms with Crippen LogP contribution in [0.15, 0.2) is 18.2 Å². The lowest BCUT2D eigenvalue weighted by atomic mass is 10.1. The fourth-order valence-electron chi connectivity index (χ4n) is 2.15. The number of hydrogen-bond acceptors (Lipinski definition) is 3. The number of esters is 1. The van der Waals surface area contributed by atoms with E-state index in [4.69, 9.17) is 11.2 Å². The Morgan fingerprint density at radius 1 is 1.29 bits per heavy atom. The van der Waals surface area contributed by atoms with Crippen molar-refractivity contribution in [1.82, 2.24) is 5.32 Å². The molecule has 112 valence electrons. The first kappa shape index (κ1) is 16.8. The third-order valence-electron chi connectivity index (χ3n) is 3.09. The SMILES string of the molecule is C#CCCC[C@H](NC(=O)c1cc(C)cc(C)c1)C(=O)OC. The van der Waals surface area contributed by atoms with Gasteiger partial charge < -0.3 is 10.1 Å². The smallest absolute Gasteiger partial charge is 0.328 e. The number of ether oxygens (including phenoxy) is 1. The molecule has 0 unspecified atom stereocenters. The van der Waals surface area contributed by atoms with E-state index in [1.807, 2.05) is 19.9 Å². The number of amides is 1. The van der Waals surface area contributed by atoms with Crippen LogP contribution in [0.5, 0.6) is 0 Å². The van der Waals surface area contributed by atoms with Gasteiger partial charge in [-0.3, -0.25) is 4.79 Å². The molecule has 4 nitrogen and oxygen atoms in total. The molecule has 1 rings (SSSR count). The van der Waals surface area contributed by atoms with Gasteiger partial charge in [-0.2, -0.15) is 0 Å². The maximum Gasteiger partial charge on any atom is 0.328 e. The van der Waals surface area contributed by atoms with Crippen LogP contribution >= 0.6 is 0 Å². The Morgan fingerprint density at radius 2 is 1.90 bits per heavy atom. The molecule has 0 aliphatic heterocycles. The second kappa shape index (κ2) is 8.11. The Kier molecular flexibility index (Phi) is 6.48. The highest BCUT2D eigenvalue weighted by Gasteiger charge is 2.21. The van der Waals surface area contributed by atoms with Crippen molar-refractivity contribution < 1.29 is 14.3 Å². The number of rotatable bonds is 6. The molecule has 1 aromatic rings. The normalized spacial score (nSPS) is 11.3. The Hall–Kier alpha value is -2.28. The van der Waals surface area contributed by atoms with Crippen LogP contribution < -0.4 is 5.32 Å². The summed E-state index contributed by atoms with van der Waals surface area (Å²) in [6, 6.07) is 4.90. The average molecular weight is 287 g/mol. The lowest BCUT2D eigenvalue weighted by Gasteiger charge is -2.16. The molecule has 21 heavy (non-hydrogen) atoms. The van der Waals surface area contributed by atoms with Crippen LogP contribution in [0.4, 0.5) is 0 Å². The quantitative estimate of drug-likeness (QED) is 0.496. The van der Waals surface area contributed by atoms with Gasteiger partial charge in [0.1, 0.15) is 6.04 Å². The van der Waals surface area contributed by atoms with E-state index in [0.717, 1.165) is 11.1 Å². The van der Waals surface area contributed by atoms with Crippen molar-refractivity contribution in [1.29, 1.82) is 0 Å². The molecule has 1 amide bonds. The first-order valence-corrected chi connectivity index (χ1v) is 6.88. The number of aryl methyl sites for hydroxylation is 2. The third-order valence-corrected chi connectivity index (χ3v) is 3.09. The van der Waals surface area contributed by atoms with Gasteiger partial charge in [-0.05, 0) is 38.8 Å². The van der Waals surface area contributed by atoms with Crippen molar-refractivity contribution in [3.05, 3.63) is 34.9 Å². The fourth-order valence-corrected chi connectivity index (χ4v) is 2.15. The van der Waals surface area contributed by atoms with Gasteiger partial charge in [-0.1, -0.05) is 17.2 Å². The number of carbonyl (C=O) groups is 2. The van der Waals surface area contributed by atoms with Crippen molar-refractivity contribution in [2.24, 2.45) is 0 Å². The summed E-state index contributed by atoms with van der Waals surface area (Å²) >= 11 is 0. The molecule has 0 spiro atoms. The van der Waals surface area contributed by atoms with Crippen LogP contribution in [0, 0.1) is 26.2 Å². The summed E-state index contributed by atoms with van der Waals surface area (Å²) in [7, 11) is 1.31. The van der Waals surface area contributed by atoms with E-state index < -0.39 is 12.0 Å². The van der Waals surface area contributed by atoms with Crippen molar-refractivity contribution >= 4 is 11.9 Å². The van der Waals surface area contributed by atoms with Gasteiger partial charge in [0.2, 0.25) is 0 Å².